The number of amides is 4. The Bertz CT molecular complexity index is 970. The fraction of sp³-hybridized carbons (Fsp3) is 0.286. The number of hydrogen-bond acceptors (Lipinski definition) is 3. The fourth-order valence-electron chi connectivity index (χ4n) is 3.49. The Labute approximate surface area is 172 Å². The number of nitrogens with two attached hydrogens (primary N) is 1. The van der Waals surface area contributed by atoms with Gasteiger partial charge in [0.2, 0.25) is 0 Å². The van der Waals surface area contributed by atoms with E-state index in [1.165, 1.54) is 11.4 Å². The van der Waals surface area contributed by atoms with Gasteiger partial charge in [-0.2, -0.15) is 5.01 Å². The average molecular weight is 417 g/mol. The zero-order valence-corrected chi connectivity index (χ0v) is 16.6. The molecule has 0 bridgehead atoms. The summed E-state index contributed by atoms with van der Waals surface area (Å²) in [6.45, 7) is 3.26. The van der Waals surface area contributed by atoms with Crippen molar-refractivity contribution < 1.29 is 28.5 Å². The van der Waals surface area contributed by atoms with Crippen LogP contribution in [0, 0.1) is 11.6 Å². The van der Waals surface area contributed by atoms with Gasteiger partial charge in [-0.05, 0) is 31.0 Å². The topological polar surface area (TPSA) is 95.1 Å². The predicted octanol–water partition coefficient (Wildman–Crippen LogP) is 1.48. The second-order valence-electron chi connectivity index (χ2n) is 7.12. The summed E-state index contributed by atoms with van der Waals surface area (Å²) in [5, 5.41) is 4.87. The van der Waals surface area contributed by atoms with E-state index >= 15 is 0 Å². The molecule has 1 saturated heterocycles. The maximum absolute atomic E-state index is 13.9. The van der Waals surface area contributed by atoms with E-state index in [-0.39, 0.29) is 12.1 Å². The summed E-state index contributed by atoms with van der Waals surface area (Å²) >= 11 is 0. The van der Waals surface area contributed by atoms with Gasteiger partial charge < -0.3 is 10.6 Å². The zero-order valence-electron chi connectivity index (χ0n) is 16.6. The molecule has 0 saturated carbocycles. The molecule has 0 unspecified atom stereocenters. The molecule has 3 rings (SSSR count). The lowest BCUT2D eigenvalue weighted by molar-refractivity contribution is -0.682. The monoisotopic (exact) mass is 417 g/mol. The number of quaternary nitrogens is 1. The van der Waals surface area contributed by atoms with E-state index in [0.717, 1.165) is 12.1 Å². The summed E-state index contributed by atoms with van der Waals surface area (Å²) in [6.07, 6.45) is 0.307. The standard InChI is InChI=1S/C21H22F2N4O3/c1-3-21(14-7-5-4-6-8-14)19(29)27(20(30)25-21)26-18(28)12-24-13(2)16-10-9-15(22)11-17(16)23/h4-11,13,24H,3,12H2,1-2H3,(H,25,30)(H,26,28)/p+1/t13-,21-/m1/s1. The predicted molar refractivity (Wildman–Crippen MR) is 103 cm³/mol. The number of nitrogens with zero attached hydrogens (tertiary/aromatic N) is 1. The Balaban J connectivity index is 1.65. The van der Waals surface area contributed by atoms with Crippen molar-refractivity contribution >= 4 is 17.8 Å². The summed E-state index contributed by atoms with van der Waals surface area (Å²) in [5.41, 5.74) is 1.93. The van der Waals surface area contributed by atoms with E-state index in [4.69, 9.17) is 0 Å². The highest BCUT2D eigenvalue weighted by atomic mass is 19.1. The number of hydrazine groups is 1. The van der Waals surface area contributed by atoms with Crippen LogP contribution in [-0.2, 0) is 15.1 Å². The number of nitrogens with one attached hydrogen (secondary N) is 2. The number of carbonyl (C=O) groups is 3. The van der Waals surface area contributed by atoms with Crippen molar-refractivity contribution in [3.05, 3.63) is 71.3 Å². The number of imide groups is 1. The minimum atomic E-state index is -1.25. The van der Waals surface area contributed by atoms with Crippen molar-refractivity contribution in [2.45, 2.75) is 31.8 Å². The van der Waals surface area contributed by atoms with Crippen LogP contribution in [-0.4, -0.2) is 29.4 Å². The van der Waals surface area contributed by atoms with Gasteiger partial charge in [0, 0.05) is 11.6 Å². The normalized spacial score (nSPS) is 19.5. The van der Waals surface area contributed by atoms with Gasteiger partial charge in [0.1, 0.15) is 23.2 Å². The Morgan fingerprint density at radius 3 is 2.53 bits per heavy atom. The Kier molecular flexibility index (Phi) is 6.12. The van der Waals surface area contributed by atoms with E-state index in [1.54, 1.807) is 44.2 Å². The van der Waals surface area contributed by atoms with Crippen molar-refractivity contribution in [1.29, 1.82) is 0 Å². The first-order valence-corrected chi connectivity index (χ1v) is 9.58. The highest BCUT2D eigenvalue weighted by Gasteiger charge is 2.52. The summed E-state index contributed by atoms with van der Waals surface area (Å²) in [6, 6.07) is 10.8. The summed E-state index contributed by atoms with van der Waals surface area (Å²) in [4.78, 5) is 37.7. The number of urea groups is 1. The van der Waals surface area contributed by atoms with Gasteiger partial charge in [0.05, 0.1) is 0 Å². The molecule has 1 fully saturated rings. The number of hydrogen-bond donors (Lipinski definition) is 3. The molecule has 0 aromatic heterocycles. The van der Waals surface area contributed by atoms with Crippen LogP contribution in [0.4, 0.5) is 13.6 Å². The molecule has 4 N–H and O–H groups in total. The van der Waals surface area contributed by atoms with Crippen molar-refractivity contribution in [1.82, 2.24) is 15.8 Å². The van der Waals surface area contributed by atoms with E-state index in [1.807, 2.05) is 0 Å². The van der Waals surface area contributed by atoms with Gasteiger partial charge in [-0.15, -0.1) is 0 Å². The highest BCUT2D eigenvalue weighted by molar-refractivity contribution is 6.08. The minimum Gasteiger partial charge on any atom is -0.332 e. The smallest absolute Gasteiger partial charge is 0.332 e. The maximum atomic E-state index is 13.9. The largest absolute Gasteiger partial charge is 0.344 e. The first kappa shape index (κ1) is 21.4. The second-order valence-corrected chi connectivity index (χ2v) is 7.12. The maximum Gasteiger partial charge on any atom is 0.344 e. The minimum absolute atomic E-state index is 0.167. The van der Waals surface area contributed by atoms with Crippen molar-refractivity contribution in [2.75, 3.05) is 6.54 Å². The Morgan fingerprint density at radius 1 is 1.20 bits per heavy atom. The van der Waals surface area contributed by atoms with Crippen LogP contribution in [0.25, 0.3) is 0 Å². The van der Waals surface area contributed by atoms with Crippen LogP contribution in [0.3, 0.4) is 0 Å². The molecule has 1 heterocycles. The van der Waals surface area contributed by atoms with Gasteiger partial charge in [-0.3, -0.25) is 15.0 Å². The van der Waals surface area contributed by atoms with E-state index < -0.39 is 41.1 Å². The summed E-state index contributed by atoms with van der Waals surface area (Å²) in [5.74, 6) is -2.57. The molecule has 2 aromatic rings. The van der Waals surface area contributed by atoms with Crippen molar-refractivity contribution in [2.24, 2.45) is 0 Å². The van der Waals surface area contributed by atoms with E-state index in [9.17, 15) is 23.2 Å². The molecule has 0 aliphatic carbocycles. The molecule has 7 nitrogen and oxygen atoms in total. The van der Waals surface area contributed by atoms with Crippen molar-refractivity contribution in [3.63, 3.8) is 0 Å². The van der Waals surface area contributed by atoms with Gasteiger partial charge in [0.15, 0.2) is 6.54 Å². The fourth-order valence-corrected chi connectivity index (χ4v) is 3.49. The Morgan fingerprint density at radius 2 is 1.90 bits per heavy atom. The lowest BCUT2D eigenvalue weighted by atomic mass is 9.87. The van der Waals surface area contributed by atoms with E-state index in [0.29, 0.717) is 17.0 Å². The third kappa shape index (κ3) is 4.02. The van der Waals surface area contributed by atoms with Gasteiger partial charge in [-0.25, -0.2) is 13.6 Å². The lowest BCUT2D eigenvalue weighted by Gasteiger charge is -2.25. The average Bonchev–Trinajstić information content (AvgIpc) is 2.97. The summed E-state index contributed by atoms with van der Waals surface area (Å²) < 4.78 is 26.9. The van der Waals surface area contributed by atoms with Gasteiger partial charge in [-0.1, -0.05) is 37.3 Å². The number of rotatable bonds is 7. The molecule has 1 aliphatic heterocycles. The molecule has 30 heavy (non-hydrogen) atoms. The first-order valence-electron chi connectivity index (χ1n) is 9.58. The molecule has 158 valence electrons. The zero-order chi connectivity index (χ0) is 21.9. The van der Waals surface area contributed by atoms with Crippen molar-refractivity contribution in [3.8, 4) is 0 Å². The molecule has 0 spiro atoms. The SMILES string of the molecule is CC[C@]1(c2ccccc2)NC(=O)N(NC(=O)C[NH2+][C@H](C)c2ccc(F)cc2F)C1=O. The molecule has 1 aliphatic rings. The van der Waals surface area contributed by atoms with Crippen LogP contribution in [0.1, 0.15) is 37.4 Å². The molecule has 4 amide bonds. The third-order valence-electron chi connectivity index (χ3n) is 5.23. The van der Waals surface area contributed by atoms with Crippen LogP contribution >= 0.6 is 0 Å². The molecular formula is C21H23F2N4O3+. The number of carbonyl (C=O) groups excluding carboxylic acids is 3. The molecule has 2 atom stereocenters. The second kappa shape index (κ2) is 8.58. The van der Waals surface area contributed by atoms with Gasteiger partial charge >= 0.3 is 6.03 Å². The molecule has 9 heteroatoms. The molecule has 0 radical (unpaired) electrons. The van der Waals surface area contributed by atoms with Gasteiger partial charge in [0.25, 0.3) is 11.8 Å². The first-order chi connectivity index (χ1) is 14.3. The lowest BCUT2D eigenvalue weighted by Crippen LogP contribution is -2.87. The highest BCUT2D eigenvalue weighted by Crippen LogP contribution is 2.31. The van der Waals surface area contributed by atoms with Crippen LogP contribution < -0.4 is 16.1 Å². The third-order valence-corrected chi connectivity index (χ3v) is 5.23. The van der Waals surface area contributed by atoms with Crippen LogP contribution in [0.5, 0.6) is 0 Å². The van der Waals surface area contributed by atoms with Crippen LogP contribution in [0.15, 0.2) is 48.5 Å². The quantitative estimate of drug-likeness (QED) is 0.596. The molecule has 2 aromatic carbocycles. The Hall–Kier alpha value is -3.33. The van der Waals surface area contributed by atoms with Crippen LogP contribution in [0.2, 0.25) is 0 Å². The number of benzene rings is 2. The molecular weight excluding hydrogens is 394 g/mol. The number of halogens is 2. The van der Waals surface area contributed by atoms with E-state index in [2.05, 4.69) is 10.7 Å². The summed E-state index contributed by atoms with van der Waals surface area (Å²) in [7, 11) is 0.